The highest BCUT2D eigenvalue weighted by Crippen LogP contribution is 2.08. The molecule has 0 spiro atoms. The summed E-state index contributed by atoms with van der Waals surface area (Å²) in [6.07, 6.45) is 0. The molecular weight excluding hydrogens is 344 g/mol. The number of benzene rings is 1. The third-order valence-corrected chi connectivity index (χ3v) is 4.22. The van der Waals surface area contributed by atoms with Gasteiger partial charge in [-0.25, -0.2) is 4.98 Å². The van der Waals surface area contributed by atoms with Gasteiger partial charge in [-0.15, -0.1) is 0 Å². The van der Waals surface area contributed by atoms with Crippen LogP contribution in [-0.2, 0) is 4.74 Å². The number of carbonyl (C=O) groups is 1. The van der Waals surface area contributed by atoms with E-state index in [1.54, 1.807) is 6.07 Å². The summed E-state index contributed by atoms with van der Waals surface area (Å²) < 4.78 is 10.9. The van der Waals surface area contributed by atoms with E-state index < -0.39 is 0 Å². The Morgan fingerprint density at radius 2 is 1.89 bits per heavy atom. The van der Waals surface area contributed by atoms with Gasteiger partial charge in [-0.3, -0.25) is 9.69 Å². The van der Waals surface area contributed by atoms with E-state index in [4.69, 9.17) is 9.47 Å². The van der Waals surface area contributed by atoms with Crippen molar-refractivity contribution in [2.75, 3.05) is 57.9 Å². The van der Waals surface area contributed by atoms with Crippen LogP contribution in [0.2, 0.25) is 0 Å². The Balaban J connectivity index is 1.38. The number of aromatic nitrogens is 1. The van der Waals surface area contributed by atoms with Crippen molar-refractivity contribution in [3.63, 3.8) is 0 Å². The Morgan fingerprint density at radius 3 is 2.70 bits per heavy atom. The SMILES string of the molecule is O=C(NCCOc1ccccc1)c1cccc(NCCN2CCOCC2)n1. The lowest BCUT2D eigenvalue weighted by Crippen LogP contribution is -2.39. The highest BCUT2D eigenvalue weighted by atomic mass is 16.5. The molecule has 144 valence electrons. The predicted octanol–water partition coefficient (Wildman–Crippen LogP) is 1.63. The molecule has 0 bridgehead atoms. The molecule has 7 heteroatoms. The number of morpholine rings is 1. The van der Waals surface area contributed by atoms with Gasteiger partial charge in [0.25, 0.3) is 5.91 Å². The zero-order chi connectivity index (χ0) is 18.7. The summed E-state index contributed by atoms with van der Waals surface area (Å²) in [4.78, 5) is 19.0. The molecule has 1 aromatic carbocycles. The van der Waals surface area contributed by atoms with Gasteiger partial charge in [0.1, 0.15) is 23.9 Å². The predicted molar refractivity (Wildman–Crippen MR) is 104 cm³/mol. The monoisotopic (exact) mass is 370 g/mol. The number of hydrogen-bond donors (Lipinski definition) is 2. The summed E-state index contributed by atoms with van der Waals surface area (Å²) >= 11 is 0. The molecule has 7 nitrogen and oxygen atoms in total. The number of anilines is 1. The summed E-state index contributed by atoms with van der Waals surface area (Å²) in [6, 6.07) is 14.9. The van der Waals surface area contributed by atoms with Gasteiger partial charge in [0.05, 0.1) is 19.8 Å². The second-order valence-electron chi connectivity index (χ2n) is 6.21. The molecule has 3 rings (SSSR count). The first-order chi connectivity index (χ1) is 13.3. The molecule has 0 aliphatic carbocycles. The molecule has 2 heterocycles. The Hall–Kier alpha value is -2.64. The van der Waals surface area contributed by atoms with E-state index in [1.165, 1.54) is 0 Å². The third kappa shape index (κ3) is 6.54. The summed E-state index contributed by atoms with van der Waals surface area (Å²) in [5, 5.41) is 6.11. The Labute approximate surface area is 159 Å². The maximum atomic E-state index is 12.3. The standard InChI is InChI=1S/C20H26N4O3/c25-20(22-10-14-27-17-5-2-1-3-6-17)18-7-4-8-19(23-18)21-9-11-24-12-15-26-16-13-24/h1-8H,9-16H2,(H,21,23)(H,22,25). The van der Waals surface area contributed by atoms with Crippen LogP contribution in [0.3, 0.4) is 0 Å². The fraction of sp³-hybridized carbons (Fsp3) is 0.400. The zero-order valence-corrected chi connectivity index (χ0v) is 15.4. The van der Waals surface area contributed by atoms with E-state index in [2.05, 4.69) is 20.5 Å². The molecule has 0 radical (unpaired) electrons. The Bertz CT molecular complexity index is 705. The highest BCUT2D eigenvalue weighted by molar-refractivity contribution is 5.92. The molecule has 0 atom stereocenters. The lowest BCUT2D eigenvalue weighted by Gasteiger charge is -2.26. The first-order valence-electron chi connectivity index (χ1n) is 9.28. The fourth-order valence-corrected chi connectivity index (χ4v) is 2.77. The van der Waals surface area contributed by atoms with Crippen LogP contribution >= 0.6 is 0 Å². The maximum absolute atomic E-state index is 12.3. The smallest absolute Gasteiger partial charge is 0.270 e. The zero-order valence-electron chi connectivity index (χ0n) is 15.4. The molecule has 1 saturated heterocycles. The Kier molecular flexibility index (Phi) is 7.44. The van der Waals surface area contributed by atoms with E-state index in [0.29, 0.717) is 24.7 Å². The minimum Gasteiger partial charge on any atom is -0.492 e. The number of pyridine rings is 1. The molecule has 27 heavy (non-hydrogen) atoms. The maximum Gasteiger partial charge on any atom is 0.270 e. The Morgan fingerprint density at radius 1 is 1.07 bits per heavy atom. The molecule has 0 saturated carbocycles. The van der Waals surface area contributed by atoms with E-state index in [-0.39, 0.29) is 5.91 Å². The number of para-hydroxylation sites is 1. The minimum atomic E-state index is -0.205. The second kappa shape index (κ2) is 10.5. The molecule has 0 unspecified atom stereocenters. The van der Waals surface area contributed by atoms with Gasteiger partial charge >= 0.3 is 0 Å². The number of amides is 1. The van der Waals surface area contributed by atoms with Gasteiger partial charge in [0.2, 0.25) is 0 Å². The highest BCUT2D eigenvalue weighted by Gasteiger charge is 2.10. The van der Waals surface area contributed by atoms with Gasteiger partial charge in [-0.1, -0.05) is 24.3 Å². The van der Waals surface area contributed by atoms with Crippen molar-refractivity contribution in [1.29, 1.82) is 0 Å². The van der Waals surface area contributed by atoms with Crippen LogP contribution in [0.5, 0.6) is 5.75 Å². The lowest BCUT2D eigenvalue weighted by atomic mass is 10.3. The second-order valence-corrected chi connectivity index (χ2v) is 6.21. The average molecular weight is 370 g/mol. The number of rotatable bonds is 9. The number of carbonyl (C=O) groups excluding carboxylic acids is 1. The van der Waals surface area contributed by atoms with Crippen LogP contribution in [0, 0.1) is 0 Å². The molecule has 1 fully saturated rings. The molecule has 1 aromatic heterocycles. The summed E-state index contributed by atoms with van der Waals surface area (Å²) in [5.41, 5.74) is 0.395. The van der Waals surface area contributed by atoms with E-state index in [1.807, 2.05) is 42.5 Å². The molecular formula is C20H26N4O3. The van der Waals surface area contributed by atoms with Crippen molar-refractivity contribution in [1.82, 2.24) is 15.2 Å². The van der Waals surface area contributed by atoms with E-state index >= 15 is 0 Å². The molecule has 2 N–H and O–H groups in total. The quantitative estimate of drug-likeness (QED) is 0.654. The number of hydrogen-bond acceptors (Lipinski definition) is 6. The molecule has 1 aliphatic heterocycles. The van der Waals surface area contributed by atoms with E-state index in [9.17, 15) is 4.79 Å². The third-order valence-electron chi connectivity index (χ3n) is 4.22. The fourth-order valence-electron chi connectivity index (χ4n) is 2.77. The normalized spacial score (nSPS) is 14.5. The van der Waals surface area contributed by atoms with Crippen molar-refractivity contribution < 1.29 is 14.3 Å². The van der Waals surface area contributed by atoms with Crippen molar-refractivity contribution >= 4 is 11.7 Å². The average Bonchev–Trinajstić information content (AvgIpc) is 2.73. The van der Waals surface area contributed by atoms with Gasteiger partial charge in [0, 0.05) is 26.2 Å². The van der Waals surface area contributed by atoms with Crippen LogP contribution in [0.15, 0.2) is 48.5 Å². The van der Waals surface area contributed by atoms with Gasteiger partial charge in [-0.05, 0) is 24.3 Å². The summed E-state index contributed by atoms with van der Waals surface area (Å²) in [7, 11) is 0. The van der Waals surface area contributed by atoms with Crippen LogP contribution in [0.1, 0.15) is 10.5 Å². The van der Waals surface area contributed by atoms with Gasteiger partial charge in [-0.2, -0.15) is 0 Å². The van der Waals surface area contributed by atoms with Gasteiger partial charge < -0.3 is 20.1 Å². The molecule has 1 aliphatic rings. The number of nitrogens with zero attached hydrogens (tertiary/aromatic N) is 2. The first kappa shape index (κ1) is 19.1. The van der Waals surface area contributed by atoms with Gasteiger partial charge in [0.15, 0.2) is 0 Å². The van der Waals surface area contributed by atoms with E-state index in [0.717, 1.165) is 45.1 Å². The van der Waals surface area contributed by atoms with Crippen molar-refractivity contribution in [2.24, 2.45) is 0 Å². The lowest BCUT2D eigenvalue weighted by molar-refractivity contribution is 0.0398. The van der Waals surface area contributed by atoms with Crippen LogP contribution in [-0.4, -0.2) is 68.3 Å². The van der Waals surface area contributed by atoms with Crippen LogP contribution < -0.4 is 15.4 Å². The molecule has 1 amide bonds. The largest absolute Gasteiger partial charge is 0.492 e. The number of nitrogens with one attached hydrogen (secondary N) is 2. The minimum absolute atomic E-state index is 0.205. The van der Waals surface area contributed by atoms with Crippen LogP contribution in [0.4, 0.5) is 5.82 Å². The molecule has 2 aromatic rings. The van der Waals surface area contributed by atoms with Crippen molar-refractivity contribution in [3.05, 3.63) is 54.2 Å². The summed E-state index contributed by atoms with van der Waals surface area (Å²) in [5.74, 6) is 1.29. The van der Waals surface area contributed by atoms with Crippen LogP contribution in [0.25, 0.3) is 0 Å². The first-order valence-corrected chi connectivity index (χ1v) is 9.28. The summed E-state index contributed by atoms with van der Waals surface area (Å²) in [6.45, 7) is 6.05. The number of ether oxygens (including phenoxy) is 2. The van der Waals surface area contributed by atoms with Crippen molar-refractivity contribution in [3.8, 4) is 5.75 Å². The van der Waals surface area contributed by atoms with Crippen molar-refractivity contribution in [2.45, 2.75) is 0 Å². The topological polar surface area (TPSA) is 75.7 Å².